The van der Waals surface area contributed by atoms with Crippen LogP contribution in [0.5, 0.6) is 5.75 Å². The number of hydrogen-bond acceptors (Lipinski definition) is 3. The summed E-state index contributed by atoms with van der Waals surface area (Å²) in [4.78, 5) is 21.9. The number of phenols is 1. The van der Waals surface area contributed by atoms with Gasteiger partial charge < -0.3 is 5.11 Å². The lowest BCUT2D eigenvalue weighted by Crippen LogP contribution is -1.91. The topological polar surface area (TPSA) is 54.4 Å². The van der Waals surface area contributed by atoms with Crippen LogP contribution in [0.4, 0.5) is 0 Å². The van der Waals surface area contributed by atoms with Crippen LogP contribution >= 0.6 is 0 Å². The molecule has 2 rings (SSSR count). The number of hydrogen-bond donors (Lipinski definition) is 1. The number of rotatable bonds is 3. The van der Waals surface area contributed by atoms with Crippen molar-refractivity contribution in [2.24, 2.45) is 0 Å². The second-order valence-electron chi connectivity index (χ2n) is 3.99. The average molecular weight is 240 g/mol. The number of para-hydroxylation sites is 1. The SMILES string of the molecule is CC(=O)c1ccc(-c2cccc(C=O)c2O)cc1. The summed E-state index contributed by atoms with van der Waals surface area (Å²) in [6.07, 6.45) is 0.614. The molecule has 3 nitrogen and oxygen atoms in total. The maximum atomic E-state index is 11.2. The van der Waals surface area contributed by atoms with Gasteiger partial charge in [0.25, 0.3) is 0 Å². The predicted octanol–water partition coefficient (Wildman–Crippen LogP) is 3.07. The summed E-state index contributed by atoms with van der Waals surface area (Å²) >= 11 is 0. The molecule has 0 saturated heterocycles. The van der Waals surface area contributed by atoms with Crippen molar-refractivity contribution < 1.29 is 14.7 Å². The molecular weight excluding hydrogens is 228 g/mol. The molecule has 0 fully saturated rings. The number of phenolic OH excluding ortho intramolecular Hbond substituents is 1. The van der Waals surface area contributed by atoms with Crippen molar-refractivity contribution in [3.63, 3.8) is 0 Å². The molecule has 2 aromatic carbocycles. The van der Waals surface area contributed by atoms with Crippen LogP contribution in [0.1, 0.15) is 27.6 Å². The van der Waals surface area contributed by atoms with Gasteiger partial charge in [-0.1, -0.05) is 36.4 Å². The Labute approximate surface area is 105 Å². The minimum absolute atomic E-state index is 0.00702. The van der Waals surface area contributed by atoms with Crippen molar-refractivity contribution in [1.29, 1.82) is 0 Å². The Morgan fingerprint density at radius 1 is 1.11 bits per heavy atom. The van der Waals surface area contributed by atoms with Gasteiger partial charge in [-0.3, -0.25) is 9.59 Å². The summed E-state index contributed by atoms with van der Waals surface area (Å²) in [6, 6.07) is 11.9. The minimum Gasteiger partial charge on any atom is -0.507 e. The first-order valence-corrected chi connectivity index (χ1v) is 5.52. The van der Waals surface area contributed by atoms with E-state index >= 15 is 0 Å². The summed E-state index contributed by atoms with van der Waals surface area (Å²) in [7, 11) is 0. The summed E-state index contributed by atoms with van der Waals surface area (Å²) in [5.74, 6) is -0.0458. The Hall–Kier alpha value is -2.42. The number of aldehydes is 1. The molecular formula is C15H12O3. The van der Waals surface area contributed by atoms with Crippen LogP contribution in [0.3, 0.4) is 0 Å². The van der Waals surface area contributed by atoms with Gasteiger partial charge in [-0.15, -0.1) is 0 Å². The van der Waals surface area contributed by atoms with Crippen molar-refractivity contribution in [3.05, 3.63) is 53.6 Å². The number of Topliss-reactive ketones (excluding diaryl/α,β-unsaturated/α-hetero) is 1. The predicted molar refractivity (Wildman–Crippen MR) is 68.9 cm³/mol. The third-order valence-corrected chi connectivity index (χ3v) is 2.80. The van der Waals surface area contributed by atoms with Gasteiger partial charge >= 0.3 is 0 Å². The van der Waals surface area contributed by atoms with E-state index in [0.29, 0.717) is 17.4 Å². The van der Waals surface area contributed by atoms with Crippen molar-refractivity contribution in [1.82, 2.24) is 0 Å². The molecule has 1 N–H and O–H groups in total. The summed E-state index contributed by atoms with van der Waals surface area (Å²) in [5, 5.41) is 9.92. The van der Waals surface area contributed by atoms with Crippen molar-refractivity contribution in [3.8, 4) is 16.9 Å². The molecule has 2 aromatic rings. The molecule has 0 atom stereocenters. The van der Waals surface area contributed by atoms with E-state index in [1.54, 1.807) is 42.5 Å². The van der Waals surface area contributed by atoms with E-state index in [2.05, 4.69) is 0 Å². The Balaban J connectivity index is 2.49. The highest BCUT2D eigenvalue weighted by Crippen LogP contribution is 2.31. The van der Waals surface area contributed by atoms with Crippen molar-refractivity contribution in [2.75, 3.05) is 0 Å². The molecule has 0 heterocycles. The fourth-order valence-electron chi connectivity index (χ4n) is 1.77. The second-order valence-corrected chi connectivity index (χ2v) is 3.99. The van der Waals surface area contributed by atoms with E-state index in [1.165, 1.54) is 6.92 Å². The molecule has 0 spiro atoms. The summed E-state index contributed by atoms with van der Waals surface area (Å²) in [6.45, 7) is 1.50. The van der Waals surface area contributed by atoms with Gasteiger partial charge in [-0.2, -0.15) is 0 Å². The average Bonchev–Trinajstić information content (AvgIpc) is 2.39. The van der Waals surface area contributed by atoms with Crippen molar-refractivity contribution in [2.45, 2.75) is 6.92 Å². The van der Waals surface area contributed by atoms with Crippen LogP contribution in [0, 0.1) is 0 Å². The molecule has 0 radical (unpaired) electrons. The molecule has 0 aliphatic rings. The normalized spacial score (nSPS) is 10.1. The molecule has 0 saturated carbocycles. The summed E-state index contributed by atoms with van der Waals surface area (Å²) in [5.41, 5.74) is 2.21. The van der Waals surface area contributed by atoms with E-state index in [0.717, 1.165) is 5.56 Å². The molecule has 18 heavy (non-hydrogen) atoms. The van der Waals surface area contributed by atoms with E-state index < -0.39 is 0 Å². The van der Waals surface area contributed by atoms with Crippen LogP contribution < -0.4 is 0 Å². The lowest BCUT2D eigenvalue weighted by Gasteiger charge is -2.07. The highest BCUT2D eigenvalue weighted by atomic mass is 16.3. The standard InChI is InChI=1S/C15H12O3/c1-10(17)11-5-7-12(8-6-11)14-4-2-3-13(9-16)15(14)18/h2-9,18H,1H3. The van der Waals surface area contributed by atoms with Gasteiger partial charge in [0.15, 0.2) is 12.1 Å². The van der Waals surface area contributed by atoms with E-state index in [-0.39, 0.29) is 17.1 Å². The van der Waals surface area contributed by atoms with Crippen LogP contribution in [-0.4, -0.2) is 17.2 Å². The Bertz CT molecular complexity index is 598. The highest BCUT2D eigenvalue weighted by molar-refractivity contribution is 5.94. The molecule has 0 aliphatic carbocycles. The lowest BCUT2D eigenvalue weighted by molar-refractivity contribution is 0.101. The highest BCUT2D eigenvalue weighted by Gasteiger charge is 2.08. The van der Waals surface area contributed by atoms with Gasteiger partial charge in [0.2, 0.25) is 0 Å². The Morgan fingerprint density at radius 3 is 2.33 bits per heavy atom. The largest absolute Gasteiger partial charge is 0.507 e. The van der Waals surface area contributed by atoms with Crippen molar-refractivity contribution >= 4 is 12.1 Å². The maximum Gasteiger partial charge on any atom is 0.159 e. The van der Waals surface area contributed by atoms with E-state index in [9.17, 15) is 14.7 Å². The molecule has 0 unspecified atom stereocenters. The van der Waals surface area contributed by atoms with Gasteiger partial charge in [0, 0.05) is 11.1 Å². The number of carbonyl (C=O) groups excluding carboxylic acids is 2. The molecule has 3 heteroatoms. The quantitative estimate of drug-likeness (QED) is 0.662. The number of carbonyl (C=O) groups is 2. The van der Waals surface area contributed by atoms with Crippen LogP contribution in [0.25, 0.3) is 11.1 Å². The zero-order valence-corrected chi connectivity index (χ0v) is 9.88. The molecule has 90 valence electrons. The van der Waals surface area contributed by atoms with Gasteiger partial charge in [-0.05, 0) is 18.6 Å². The number of benzene rings is 2. The second kappa shape index (κ2) is 4.84. The molecule has 0 amide bonds. The monoisotopic (exact) mass is 240 g/mol. The smallest absolute Gasteiger partial charge is 0.159 e. The summed E-state index contributed by atoms with van der Waals surface area (Å²) < 4.78 is 0. The zero-order valence-electron chi connectivity index (χ0n) is 9.88. The van der Waals surface area contributed by atoms with Gasteiger partial charge in [0.1, 0.15) is 5.75 Å². The van der Waals surface area contributed by atoms with Gasteiger partial charge in [-0.25, -0.2) is 0 Å². The van der Waals surface area contributed by atoms with Crippen LogP contribution in [-0.2, 0) is 0 Å². The first-order chi connectivity index (χ1) is 8.63. The fourth-order valence-corrected chi connectivity index (χ4v) is 1.77. The Morgan fingerprint density at radius 2 is 1.78 bits per heavy atom. The molecule has 0 aliphatic heterocycles. The number of aromatic hydroxyl groups is 1. The Kier molecular flexibility index (Phi) is 3.24. The zero-order chi connectivity index (χ0) is 13.1. The fraction of sp³-hybridized carbons (Fsp3) is 0.0667. The lowest BCUT2D eigenvalue weighted by atomic mass is 10.00. The van der Waals surface area contributed by atoms with Crippen LogP contribution in [0.2, 0.25) is 0 Å². The van der Waals surface area contributed by atoms with E-state index in [4.69, 9.17) is 0 Å². The van der Waals surface area contributed by atoms with Crippen LogP contribution in [0.15, 0.2) is 42.5 Å². The molecule has 0 aromatic heterocycles. The minimum atomic E-state index is -0.0388. The van der Waals surface area contributed by atoms with Gasteiger partial charge in [0.05, 0.1) is 5.56 Å². The first kappa shape index (κ1) is 12.0. The third-order valence-electron chi connectivity index (χ3n) is 2.80. The molecule has 0 bridgehead atoms. The third kappa shape index (κ3) is 2.15. The first-order valence-electron chi connectivity index (χ1n) is 5.52. The van der Waals surface area contributed by atoms with E-state index in [1.807, 2.05) is 0 Å². The maximum absolute atomic E-state index is 11.2. The number of ketones is 1.